The first-order chi connectivity index (χ1) is 17.5. The first-order valence-electron chi connectivity index (χ1n) is 12.7. The summed E-state index contributed by atoms with van der Waals surface area (Å²) in [6, 6.07) is 23.2. The molecule has 5 nitrogen and oxygen atoms in total. The van der Waals surface area contributed by atoms with Crippen LogP contribution in [0.5, 0.6) is 0 Å². The van der Waals surface area contributed by atoms with Gasteiger partial charge in [0.15, 0.2) is 0 Å². The van der Waals surface area contributed by atoms with Crippen LogP contribution < -0.4 is 0 Å². The van der Waals surface area contributed by atoms with Gasteiger partial charge in [0, 0.05) is 44.7 Å². The van der Waals surface area contributed by atoms with Gasteiger partial charge in [0.1, 0.15) is 5.82 Å². The molecule has 36 heavy (non-hydrogen) atoms. The smallest absolute Gasteiger partial charge is 0.257 e. The van der Waals surface area contributed by atoms with Crippen molar-refractivity contribution in [1.82, 2.24) is 14.8 Å². The number of halogens is 1. The lowest BCUT2D eigenvalue weighted by Gasteiger charge is -2.35. The topological polar surface area (TPSA) is 39.2 Å². The maximum atomic E-state index is 14.6. The van der Waals surface area contributed by atoms with E-state index in [1.165, 1.54) is 17.2 Å². The van der Waals surface area contributed by atoms with Crippen molar-refractivity contribution in [3.8, 4) is 0 Å². The fourth-order valence-electron chi connectivity index (χ4n) is 5.25. The number of hydrogen-bond donors (Lipinski definition) is 0. The normalized spacial score (nSPS) is 18.9. The van der Waals surface area contributed by atoms with E-state index in [0.29, 0.717) is 24.2 Å². The molecule has 1 atom stereocenters. The van der Waals surface area contributed by atoms with Crippen molar-refractivity contribution in [2.24, 2.45) is 5.10 Å². The van der Waals surface area contributed by atoms with Crippen LogP contribution in [0.25, 0.3) is 0 Å². The van der Waals surface area contributed by atoms with Gasteiger partial charge in [-0.2, -0.15) is 5.10 Å². The van der Waals surface area contributed by atoms with E-state index in [1.807, 2.05) is 12.1 Å². The van der Waals surface area contributed by atoms with Gasteiger partial charge in [-0.15, -0.1) is 0 Å². The van der Waals surface area contributed by atoms with Crippen LogP contribution in [0.1, 0.15) is 40.3 Å². The minimum atomic E-state index is -0.306. The summed E-state index contributed by atoms with van der Waals surface area (Å²) in [7, 11) is 0. The molecule has 1 amide bonds. The Labute approximate surface area is 212 Å². The average Bonchev–Trinajstić information content (AvgIpc) is 3.31. The summed E-state index contributed by atoms with van der Waals surface area (Å²) in [5, 5.41) is 6.31. The molecule has 0 radical (unpaired) electrons. The van der Waals surface area contributed by atoms with Crippen LogP contribution in [0.15, 0.2) is 77.9 Å². The van der Waals surface area contributed by atoms with Gasteiger partial charge in [-0.25, -0.2) is 9.40 Å². The van der Waals surface area contributed by atoms with Crippen molar-refractivity contribution in [1.29, 1.82) is 0 Å². The molecular weight excluding hydrogens is 451 g/mol. The van der Waals surface area contributed by atoms with Gasteiger partial charge in [0.05, 0.1) is 18.3 Å². The molecule has 0 unspecified atom stereocenters. The van der Waals surface area contributed by atoms with Crippen molar-refractivity contribution < 1.29 is 9.18 Å². The third-order valence-corrected chi connectivity index (χ3v) is 7.21. The third kappa shape index (κ3) is 5.40. The summed E-state index contributed by atoms with van der Waals surface area (Å²) in [5.74, 6) is -0.345. The number of amides is 1. The number of carbonyl (C=O) groups excluding carboxylic acids is 1. The minimum Gasteiger partial charge on any atom is -0.297 e. The van der Waals surface area contributed by atoms with E-state index in [2.05, 4.69) is 66.1 Å². The van der Waals surface area contributed by atoms with Gasteiger partial charge in [0.25, 0.3) is 5.91 Å². The Kier molecular flexibility index (Phi) is 7.25. The molecule has 3 aromatic rings. The standard InChI is InChI=1S/C30H33FN4O/c1-22-12-13-25(23(2)18-22)29-19-28(26-10-6-7-11-27(26)31)32-35(29)30(36)21-34-16-14-33(15-17-34)20-24-8-4-3-5-9-24/h3-13,18,29H,14-17,19-21H2,1-2H3/t29-/m1/s1. The van der Waals surface area contributed by atoms with Crippen molar-refractivity contribution in [3.63, 3.8) is 0 Å². The van der Waals surface area contributed by atoms with Crippen LogP contribution >= 0.6 is 0 Å². The Morgan fingerprint density at radius 1 is 0.917 bits per heavy atom. The predicted molar refractivity (Wildman–Crippen MR) is 141 cm³/mol. The Hall–Kier alpha value is -3.35. The Morgan fingerprint density at radius 3 is 2.33 bits per heavy atom. The summed E-state index contributed by atoms with van der Waals surface area (Å²) in [6.45, 7) is 8.90. The second kappa shape index (κ2) is 10.7. The number of hydrogen-bond acceptors (Lipinski definition) is 4. The zero-order chi connectivity index (χ0) is 25.1. The summed E-state index contributed by atoms with van der Waals surface area (Å²) in [5.41, 5.74) is 5.77. The molecule has 3 aromatic carbocycles. The molecule has 186 valence electrons. The fraction of sp³-hybridized carbons (Fsp3) is 0.333. The van der Waals surface area contributed by atoms with Gasteiger partial charge in [-0.3, -0.25) is 14.6 Å². The van der Waals surface area contributed by atoms with Crippen molar-refractivity contribution in [2.45, 2.75) is 32.9 Å². The monoisotopic (exact) mass is 484 g/mol. The van der Waals surface area contributed by atoms with Gasteiger partial charge < -0.3 is 0 Å². The van der Waals surface area contributed by atoms with E-state index in [4.69, 9.17) is 5.10 Å². The molecule has 2 heterocycles. The minimum absolute atomic E-state index is 0.0391. The number of benzene rings is 3. The number of carbonyl (C=O) groups is 1. The van der Waals surface area contributed by atoms with Crippen LogP contribution in [-0.4, -0.2) is 59.2 Å². The largest absolute Gasteiger partial charge is 0.297 e. The first-order valence-corrected chi connectivity index (χ1v) is 12.7. The number of nitrogens with zero attached hydrogens (tertiary/aromatic N) is 4. The lowest BCUT2D eigenvalue weighted by molar-refractivity contribution is -0.134. The van der Waals surface area contributed by atoms with Crippen LogP contribution in [-0.2, 0) is 11.3 Å². The number of hydrazone groups is 1. The highest BCUT2D eigenvalue weighted by Crippen LogP contribution is 2.35. The highest BCUT2D eigenvalue weighted by atomic mass is 19.1. The molecule has 0 bridgehead atoms. The predicted octanol–water partition coefficient (Wildman–Crippen LogP) is 4.94. The molecule has 0 aliphatic carbocycles. The molecular formula is C30H33FN4O. The summed E-state index contributed by atoms with van der Waals surface area (Å²) in [4.78, 5) is 18.2. The van der Waals surface area contributed by atoms with E-state index < -0.39 is 0 Å². The average molecular weight is 485 g/mol. The maximum Gasteiger partial charge on any atom is 0.257 e. The van der Waals surface area contributed by atoms with Crippen LogP contribution in [0.2, 0.25) is 0 Å². The molecule has 0 spiro atoms. The second-order valence-corrected chi connectivity index (χ2v) is 9.88. The van der Waals surface area contributed by atoms with Crippen molar-refractivity contribution in [2.75, 3.05) is 32.7 Å². The van der Waals surface area contributed by atoms with Crippen LogP contribution in [0.4, 0.5) is 4.39 Å². The number of aryl methyl sites for hydroxylation is 2. The molecule has 1 saturated heterocycles. The zero-order valence-corrected chi connectivity index (χ0v) is 21.0. The van der Waals surface area contributed by atoms with Crippen molar-refractivity contribution in [3.05, 3.63) is 106 Å². The van der Waals surface area contributed by atoms with Crippen LogP contribution in [0, 0.1) is 19.7 Å². The SMILES string of the molecule is Cc1ccc([C@H]2CC(c3ccccc3F)=NN2C(=O)CN2CCN(Cc3ccccc3)CC2)c(C)c1. The van der Waals surface area contributed by atoms with Gasteiger partial charge >= 0.3 is 0 Å². The van der Waals surface area contributed by atoms with Gasteiger partial charge in [-0.05, 0) is 36.6 Å². The van der Waals surface area contributed by atoms with E-state index in [9.17, 15) is 9.18 Å². The molecule has 0 aromatic heterocycles. The quantitative estimate of drug-likeness (QED) is 0.498. The third-order valence-electron chi connectivity index (χ3n) is 7.21. The summed E-state index contributed by atoms with van der Waals surface area (Å²) in [6.07, 6.45) is 0.501. The lowest BCUT2D eigenvalue weighted by Crippen LogP contribution is -2.49. The number of piperazine rings is 1. The molecule has 0 N–H and O–H groups in total. The zero-order valence-electron chi connectivity index (χ0n) is 21.0. The molecule has 2 aliphatic heterocycles. The number of rotatable bonds is 6. The highest BCUT2D eigenvalue weighted by Gasteiger charge is 2.35. The van der Waals surface area contributed by atoms with E-state index in [1.54, 1.807) is 17.1 Å². The van der Waals surface area contributed by atoms with Gasteiger partial charge in [0.2, 0.25) is 0 Å². The van der Waals surface area contributed by atoms with E-state index >= 15 is 0 Å². The van der Waals surface area contributed by atoms with Gasteiger partial charge in [-0.1, -0.05) is 72.3 Å². The van der Waals surface area contributed by atoms with Crippen molar-refractivity contribution >= 4 is 11.6 Å². The Bertz CT molecular complexity index is 1250. The Morgan fingerprint density at radius 2 is 1.61 bits per heavy atom. The molecule has 6 heteroatoms. The highest BCUT2D eigenvalue weighted by molar-refractivity contribution is 6.03. The summed E-state index contributed by atoms with van der Waals surface area (Å²) >= 11 is 0. The first kappa shape index (κ1) is 24.3. The fourth-order valence-corrected chi connectivity index (χ4v) is 5.25. The molecule has 0 saturated carbocycles. The molecule has 2 aliphatic rings. The van der Waals surface area contributed by atoms with E-state index in [0.717, 1.165) is 43.9 Å². The second-order valence-electron chi connectivity index (χ2n) is 9.88. The summed E-state index contributed by atoms with van der Waals surface area (Å²) < 4.78 is 14.6. The maximum absolute atomic E-state index is 14.6. The lowest BCUT2D eigenvalue weighted by atomic mass is 9.94. The molecule has 1 fully saturated rings. The Balaban J connectivity index is 1.30. The molecule has 5 rings (SSSR count). The van der Waals surface area contributed by atoms with E-state index in [-0.39, 0.29) is 17.8 Å². The van der Waals surface area contributed by atoms with Crippen LogP contribution in [0.3, 0.4) is 0 Å².